The van der Waals surface area contributed by atoms with Crippen molar-refractivity contribution in [3.63, 3.8) is 0 Å². The van der Waals surface area contributed by atoms with E-state index in [0.29, 0.717) is 0 Å². The number of hydrogen-bond acceptors (Lipinski definition) is 3. The number of benzene rings is 2. The van der Waals surface area contributed by atoms with Crippen LogP contribution in [0.3, 0.4) is 0 Å². The number of rotatable bonds is 5. The van der Waals surface area contributed by atoms with Gasteiger partial charge in [0.05, 0.1) is 7.11 Å². The van der Waals surface area contributed by atoms with Gasteiger partial charge in [0.2, 0.25) is 0 Å². The zero-order valence-electron chi connectivity index (χ0n) is 13.6. The lowest BCUT2D eigenvalue weighted by Gasteiger charge is -2.17. The van der Waals surface area contributed by atoms with E-state index >= 15 is 0 Å². The van der Waals surface area contributed by atoms with Gasteiger partial charge in [-0.25, -0.2) is 0 Å². The summed E-state index contributed by atoms with van der Waals surface area (Å²) in [4.78, 5) is 15.6. The zero-order valence-corrected chi connectivity index (χ0v) is 15.2. The SMILES string of the molecule is COc1ccc(C(=O)N2CCCC2)cc1CSc1ccc(Cl)cc1. The van der Waals surface area contributed by atoms with Gasteiger partial charge in [0.15, 0.2) is 0 Å². The van der Waals surface area contributed by atoms with E-state index in [2.05, 4.69) is 0 Å². The summed E-state index contributed by atoms with van der Waals surface area (Å²) in [7, 11) is 1.66. The normalized spacial score (nSPS) is 14.0. The fraction of sp³-hybridized carbons (Fsp3) is 0.316. The summed E-state index contributed by atoms with van der Waals surface area (Å²) < 4.78 is 5.45. The highest BCUT2D eigenvalue weighted by Crippen LogP contribution is 2.30. The van der Waals surface area contributed by atoms with E-state index in [0.717, 1.165) is 58.5 Å². The van der Waals surface area contributed by atoms with E-state index in [1.54, 1.807) is 18.9 Å². The van der Waals surface area contributed by atoms with Crippen molar-refractivity contribution < 1.29 is 9.53 Å². The van der Waals surface area contributed by atoms with Gasteiger partial charge in [-0.15, -0.1) is 11.8 Å². The monoisotopic (exact) mass is 361 g/mol. The Balaban J connectivity index is 1.76. The fourth-order valence-electron chi connectivity index (χ4n) is 2.82. The maximum Gasteiger partial charge on any atom is 0.253 e. The standard InChI is InChI=1S/C19H20ClNO2S/c1-23-18-9-4-14(19(22)21-10-2-3-11-21)12-15(18)13-24-17-7-5-16(20)6-8-17/h4-9,12H,2-3,10-11,13H2,1H3. The largest absolute Gasteiger partial charge is 0.496 e. The van der Waals surface area contributed by atoms with E-state index in [1.165, 1.54) is 0 Å². The number of likely N-dealkylation sites (tertiary alicyclic amines) is 1. The molecule has 1 amide bonds. The van der Waals surface area contributed by atoms with Crippen LogP contribution in [0.2, 0.25) is 5.02 Å². The minimum Gasteiger partial charge on any atom is -0.496 e. The number of carbonyl (C=O) groups excluding carboxylic acids is 1. The van der Waals surface area contributed by atoms with Crippen molar-refractivity contribution in [2.45, 2.75) is 23.5 Å². The average Bonchev–Trinajstić information content (AvgIpc) is 3.15. The third-order valence-corrected chi connectivity index (χ3v) is 5.44. The quantitative estimate of drug-likeness (QED) is 0.711. The van der Waals surface area contributed by atoms with Gasteiger partial charge in [0.1, 0.15) is 5.75 Å². The first-order chi connectivity index (χ1) is 11.7. The number of amides is 1. The van der Waals surface area contributed by atoms with Crippen molar-refractivity contribution in [1.29, 1.82) is 0 Å². The Bertz CT molecular complexity index is 712. The number of halogens is 1. The maximum atomic E-state index is 12.6. The molecule has 0 spiro atoms. The summed E-state index contributed by atoms with van der Waals surface area (Å²) >= 11 is 7.62. The Labute approximate surface area is 151 Å². The number of ether oxygens (including phenoxy) is 1. The van der Waals surface area contributed by atoms with E-state index in [1.807, 2.05) is 47.4 Å². The smallest absolute Gasteiger partial charge is 0.253 e. The van der Waals surface area contributed by atoms with Crippen LogP contribution < -0.4 is 4.74 Å². The van der Waals surface area contributed by atoms with Gasteiger partial charge in [0.25, 0.3) is 5.91 Å². The molecule has 0 N–H and O–H groups in total. The van der Waals surface area contributed by atoms with E-state index in [-0.39, 0.29) is 5.91 Å². The molecule has 1 fully saturated rings. The van der Waals surface area contributed by atoms with Gasteiger partial charge in [0, 0.05) is 39.9 Å². The molecule has 0 atom stereocenters. The minimum absolute atomic E-state index is 0.118. The molecule has 0 aromatic heterocycles. The second kappa shape index (κ2) is 7.95. The Morgan fingerprint density at radius 3 is 2.54 bits per heavy atom. The van der Waals surface area contributed by atoms with Crippen LogP contribution in [0.15, 0.2) is 47.4 Å². The summed E-state index contributed by atoms with van der Waals surface area (Å²) in [6.45, 7) is 1.72. The molecule has 0 radical (unpaired) electrons. The molecule has 0 saturated carbocycles. The van der Waals surface area contributed by atoms with Crippen LogP contribution in [0.4, 0.5) is 0 Å². The molecule has 126 valence electrons. The average molecular weight is 362 g/mol. The van der Waals surface area contributed by atoms with Crippen LogP contribution in [0, 0.1) is 0 Å². The first-order valence-corrected chi connectivity index (χ1v) is 9.38. The van der Waals surface area contributed by atoms with Crippen LogP contribution in [0.25, 0.3) is 0 Å². The Hall–Kier alpha value is -1.65. The van der Waals surface area contributed by atoms with Crippen LogP contribution in [0.1, 0.15) is 28.8 Å². The molecule has 2 aromatic carbocycles. The van der Waals surface area contributed by atoms with E-state index in [4.69, 9.17) is 16.3 Å². The predicted molar refractivity (Wildman–Crippen MR) is 99.1 cm³/mol. The minimum atomic E-state index is 0.118. The van der Waals surface area contributed by atoms with Gasteiger partial charge >= 0.3 is 0 Å². The van der Waals surface area contributed by atoms with Crippen molar-refractivity contribution in [2.24, 2.45) is 0 Å². The van der Waals surface area contributed by atoms with Crippen molar-refractivity contribution in [3.8, 4) is 5.75 Å². The van der Waals surface area contributed by atoms with E-state index < -0.39 is 0 Å². The molecule has 0 aliphatic carbocycles. The third kappa shape index (κ3) is 4.05. The van der Waals surface area contributed by atoms with Gasteiger partial charge in [-0.3, -0.25) is 4.79 Å². The van der Waals surface area contributed by atoms with Crippen LogP contribution in [-0.2, 0) is 5.75 Å². The first kappa shape index (κ1) is 17.2. The molecule has 0 bridgehead atoms. The fourth-order valence-corrected chi connectivity index (χ4v) is 3.82. The zero-order chi connectivity index (χ0) is 16.9. The lowest BCUT2D eigenvalue weighted by Crippen LogP contribution is -2.27. The molecule has 1 aliphatic rings. The van der Waals surface area contributed by atoms with Gasteiger partial charge < -0.3 is 9.64 Å². The Morgan fingerprint density at radius 2 is 1.88 bits per heavy atom. The summed E-state index contributed by atoms with van der Waals surface area (Å²) in [5.41, 5.74) is 1.77. The highest BCUT2D eigenvalue weighted by molar-refractivity contribution is 7.98. The molecule has 3 nitrogen and oxygen atoms in total. The van der Waals surface area contributed by atoms with Crippen LogP contribution >= 0.6 is 23.4 Å². The maximum absolute atomic E-state index is 12.6. The highest BCUT2D eigenvalue weighted by atomic mass is 35.5. The molecule has 24 heavy (non-hydrogen) atoms. The summed E-state index contributed by atoms with van der Waals surface area (Å²) in [5.74, 6) is 1.67. The molecule has 1 saturated heterocycles. The molecule has 2 aromatic rings. The molecule has 3 rings (SSSR count). The molecular weight excluding hydrogens is 342 g/mol. The highest BCUT2D eigenvalue weighted by Gasteiger charge is 2.20. The van der Waals surface area contributed by atoms with Gasteiger partial charge in [-0.2, -0.15) is 0 Å². The van der Waals surface area contributed by atoms with Gasteiger partial charge in [-0.1, -0.05) is 11.6 Å². The molecule has 1 aliphatic heterocycles. The van der Waals surface area contributed by atoms with Crippen molar-refractivity contribution >= 4 is 29.3 Å². The first-order valence-electron chi connectivity index (χ1n) is 8.02. The molecule has 1 heterocycles. The topological polar surface area (TPSA) is 29.5 Å². The number of carbonyl (C=O) groups is 1. The third-order valence-electron chi connectivity index (χ3n) is 4.13. The lowest BCUT2D eigenvalue weighted by molar-refractivity contribution is 0.0792. The van der Waals surface area contributed by atoms with Gasteiger partial charge in [-0.05, 0) is 55.3 Å². The van der Waals surface area contributed by atoms with E-state index in [9.17, 15) is 4.79 Å². The van der Waals surface area contributed by atoms with Crippen molar-refractivity contribution in [2.75, 3.05) is 20.2 Å². The predicted octanol–water partition coefficient (Wildman–Crippen LogP) is 4.88. The number of hydrogen-bond donors (Lipinski definition) is 0. The van der Waals surface area contributed by atoms with Crippen molar-refractivity contribution in [3.05, 3.63) is 58.6 Å². The summed E-state index contributed by atoms with van der Waals surface area (Å²) in [6.07, 6.45) is 2.20. The number of nitrogens with zero attached hydrogens (tertiary/aromatic N) is 1. The lowest BCUT2D eigenvalue weighted by atomic mass is 10.1. The second-order valence-corrected chi connectivity index (χ2v) is 7.25. The molecular formula is C19H20ClNO2S. The number of thioether (sulfide) groups is 1. The molecule has 5 heteroatoms. The van der Waals surface area contributed by atoms with Crippen molar-refractivity contribution in [1.82, 2.24) is 4.90 Å². The summed E-state index contributed by atoms with van der Waals surface area (Å²) in [5, 5.41) is 0.732. The van der Waals surface area contributed by atoms with Crippen LogP contribution in [-0.4, -0.2) is 31.0 Å². The summed E-state index contributed by atoms with van der Waals surface area (Å²) in [6, 6.07) is 13.5. The Morgan fingerprint density at radius 1 is 1.17 bits per heavy atom. The molecule has 0 unspecified atom stereocenters. The Kier molecular flexibility index (Phi) is 5.69. The van der Waals surface area contributed by atoms with Crippen LogP contribution in [0.5, 0.6) is 5.75 Å². The number of methoxy groups -OCH3 is 1. The second-order valence-electron chi connectivity index (χ2n) is 5.77.